The highest BCUT2D eigenvalue weighted by molar-refractivity contribution is 7.17. The van der Waals surface area contributed by atoms with Crippen LogP contribution in [0, 0.1) is 0 Å². The second-order valence-corrected chi connectivity index (χ2v) is 7.70. The van der Waals surface area contributed by atoms with Crippen LogP contribution in [0.5, 0.6) is 0 Å². The zero-order valence-electron chi connectivity index (χ0n) is 13.8. The average molecular weight is 376 g/mol. The Hall–Kier alpha value is -2.22. The summed E-state index contributed by atoms with van der Waals surface area (Å²) in [7, 11) is 0. The summed E-state index contributed by atoms with van der Waals surface area (Å²) in [5, 5.41) is 3.23. The van der Waals surface area contributed by atoms with Crippen molar-refractivity contribution in [3.8, 4) is 0 Å². The van der Waals surface area contributed by atoms with E-state index in [1.54, 1.807) is 17.7 Å². The maximum atomic E-state index is 13.0. The number of pyridine rings is 1. The van der Waals surface area contributed by atoms with E-state index in [2.05, 4.69) is 25.2 Å². The van der Waals surface area contributed by atoms with Crippen molar-refractivity contribution in [3.05, 3.63) is 46.4 Å². The number of hydrogen-bond donors (Lipinski definition) is 0. The van der Waals surface area contributed by atoms with Gasteiger partial charge in [-0.15, -0.1) is 11.3 Å². The van der Waals surface area contributed by atoms with Crippen LogP contribution in [0.15, 0.2) is 24.0 Å². The molecule has 0 atom stereocenters. The van der Waals surface area contributed by atoms with E-state index in [0.29, 0.717) is 31.0 Å². The Kier molecular flexibility index (Phi) is 3.47. The van der Waals surface area contributed by atoms with E-state index in [4.69, 9.17) is 0 Å². The molecule has 0 spiro atoms. The van der Waals surface area contributed by atoms with E-state index in [-0.39, 0.29) is 0 Å². The van der Waals surface area contributed by atoms with Crippen molar-refractivity contribution in [1.29, 1.82) is 0 Å². The fourth-order valence-corrected chi connectivity index (χ4v) is 4.56. The number of aromatic nitrogens is 3. The van der Waals surface area contributed by atoms with E-state index in [1.165, 1.54) is 24.5 Å². The van der Waals surface area contributed by atoms with Gasteiger partial charge in [0.25, 0.3) is 0 Å². The summed E-state index contributed by atoms with van der Waals surface area (Å²) in [6, 6.07) is 1.22. The van der Waals surface area contributed by atoms with Gasteiger partial charge in [0.05, 0.1) is 10.9 Å². The van der Waals surface area contributed by atoms with E-state index >= 15 is 0 Å². The molecule has 5 rings (SSSR count). The van der Waals surface area contributed by atoms with Crippen molar-refractivity contribution in [3.63, 3.8) is 0 Å². The lowest BCUT2D eigenvalue weighted by molar-refractivity contribution is -0.137. The molecule has 0 N–H and O–H groups in total. The van der Waals surface area contributed by atoms with Gasteiger partial charge in [0, 0.05) is 31.4 Å². The van der Waals surface area contributed by atoms with E-state index in [9.17, 15) is 13.2 Å². The molecule has 0 radical (unpaired) electrons. The van der Waals surface area contributed by atoms with E-state index in [1.807, 2.05) is 0 Å². The number of nitrogens with zero attached hydrogens (tertiary/aromatic N) is 4. The summed E-state index contributed by atoms with van der Waals surface area (Å²) < 4.78 is 39.1. The first kappa shape index (κ1) is 16.0. The van der Waals surface area contributed by atoms with Gasteiger partial charge in [-0.3, -0.25) is 4.98 Å². The lowest BCUT2D eigenvalue weighted by Gasteiger charge is -2.30. The standard InChI is InChI=1S/C18H15F3N4S/c19-18(20,21)12-5-11-7-25(4-3-14(11)22-6-12)16-15-13(10-1-2-10)8-26-17(15)24-9-23-16/h5-6,8-10H,1-4,7H2. The fourth-order valence-electron chi connectivity index (χ4n) is 3.58. The molecule has 1 aliphatic carbocycles. The smallest absolute Gasteiger partial charge is 0.351 e. The molecule has 1 fully saturated rings. The number of alkyl halides is 3. The molecule has 26 heavy (non-hydrogen) atoms. The third kappa shape index (κ3) is 2.63. The van der Waals surface area contributed by atoms with Gasteiger partial charge in [-0.05, 0) is 41.3 Å². The molecule has 0 amide bonds. The summed E-state index contributed by atoms with van der Waals surface area (Å²) in [5.41, 5.74) is 1.96. The maximum absolute atomic E-state index is 13.0. The van der Waals surface area contributed by atoms with Crippen LogP contribution in [0.3, 0.4) is 0 Å². The van der Waals surface area contributed by atoms with Crippen LogP contribution in [-0.4, -0.2) is 21.5 Å². The predicted octanol–water partition coefficient (Wildman–Crippen LogP) is 4.55. The van der Waals surface area contributed by atoms with Gasteiger partial charge in [-0.25, -0.2) is 9.97 Å². The first-order valence-corrected chi connectivity index (χ1v) is 9.40. The molecule has 1 aliphatic heterocycles. The van der Waals surface area contributed by atoms with Gasteiger partial charge in [0.2, 0.25) is 0 Å². The largest absolute Gasteiger partial charge is 0.417 e. The summed E-state index contributed by atoms with van der Waals surface area (Å²) in [4.78, 5) is 15.9. The zero-order chi connectivity index (χ0) is 17.9. The molecule has 2 aliphatic rings. The average Bonchev–Trinajstić information content (AvgIpc) is 3.38. The molecule has 0 saturated heterocycles. The molecule has 3 aromatic rings. The monoisotopic (exact) mass is 376 g/mol. The van der Waals surface area contributed by atoms with Crippen LogP contribution in [0.25, 0.3) is 10.2 Å². The third-order valence-electron chi connectivity index (χ3n) is 5.06. The third-order valence-corrected chi connectivity index (χ3v) is 5.97. The normalized spacial score (nSPS) is 17.6. The summed E-state index contributed by atoms with van der Waals surface area (Å²) in [5.74, 6) is 1.41. The number of halogens is 3. The minimum Gasteiger partial charge on any atom is -0.351 e. The Morgan fingerprint density at radius 1 is 1.15 bits per heavy atom. The van der Waals surface area contributed by atoms with Gasteiger partial charge >= 0.3 is 6.18 Å². The Morgan fingerprint density at radius 2 is 2.00 bits per heavy atom. The number of hydrogen-bond acceptors (Lipinski definition) is 5. The lowest BCUT2D eigenvalue weighted by atomic mass is 10.0. The van der Waals surface area contributed by atoms with Crippen molar-refractivity contribution in [1.82, 2.24) is 15.0 Å². The quantitative estimate of drug-likeness (QED) is 0.658. The number of rotatable bonds is 2. The molecule has 4 nitrogen and oxygen atoms in total. The van der Waals surface area contributed by atoms with Crippen LogP contribution in [0.2, 0.25) is 0 Å². The lowest BCUT2D eigenvalue weighted by Crippen LogP contribution is -2.32. The zero-order valence-corrected chi connectivity index (χ0v) is 14.6. The SMILES string of the molecule is FC(F)(F)c1cnc2c(c1)CN(c1ncnc3scc(C4CC4)c13)CC2. The van der Waals surface area contributed by atoms with E-state index < -0.39 is 11.7 Å². The molecular weight excluding hydrogens is 361 g/mol. The molecule has 0 bridgehead atoms. The summed E-state index contributed by atoms with van der Waals surface area (Å²) in [6.07, 6.45) is 1.08. The van der Waals surface area contributed by atoms with Gasteiger partial charge in [-0.1, -0.05) is 0 Å². The van der Waals surface area contributed by atoms with Gasteiger partial charge < -0.3 is 4.90 Å². The highest BCUT2D eigenvalue weighted by Crippen LogP contribution is 2.47. The Bertz CT molecular complexity index is 994. The molecule has 0 unspecified atom stereocenters. The molecule has 8 heteroatoms. The van der Waals surface area contributed by atoms with Crippen LogP contribution in [0.4, 0.5) is 19.0 Å². The van der Waals surface area contributed by atoms with Crippen molar-refractivity contribution in [2.45, 2.75) is 37.9 Å². The van der Waals surface area contributed by atoms with Crippen molar-refractivity contribution >= 4 is 27.4 Å². The van der Waals surface area contributed by atoms with Gasteiger partial charge in [0.15, 0.2) is 0 Å². The molecular formula is C18H15F3N4S. The highest BCUT2D eigenvalue weighted by atomic mass is 32.1. The molecule has 0 aromatic carbocycles. The van der Waals surface area contributed by atoms with Crippen molar-refractivity contribution < 1.29 is 13.2 Å². The first-order chi connectivity index (χ1) is 12.5. The second-order valence-electron chi connectivity index (χ2n) is 6.84. The molecule has 134 valence electrons. The molecule has 3 aromatic heterocycles. The Morgan fingerprint density at radius 3 is 2.77 bits per heavy atom. The molecule has 4 heterocycles. The Labute approximate surface area is 151 Å². The van der Waals surface area contributed by atoms with Crippen LogP contribution >= 0.6 is 11.3 Å². The topological polar surface area (TPSA) is 41.9 Å². The second kappa shape index (κ2) is 5.64. The van der Waals surface area contributed by atoms with Gasteiger partial charge in [-0.2, -0.15) is 13.2 Å². The minimum atomic E-state index is -4.38. The number of anilines is 1. The number of thiophene rings is 1. The van der Waals surface area contributed by atoms with Crippen LogP contribution in [-0.2, 0) is 19.1 Å². The first-order valence-electron chi connectivity index (χ1n) is 8.53. The molecule has 1 saturated carbocycles. The maximum Gasteiger partial charge on any atom is 0.417 e. The fraction of sp³-hybridized carbons (Fsp3) is 0.389. The minimum absolute atomic E-state index is 0.387. The van der Waals surface area contributed by atoms with Crippen LogP contribution < -0.4 is 4.90 Å². The predicted molar refractivity (Wildman–Crippen MR) is 93.4 cm³/mol. The van der Waals surface area contributed by atoms with Crippen molar-refractivity contribution in [2.75, 3.05) is 11.4 Å². The highest BCUT2D eigenvalue weighted by Gasteiger charge is 2.33. The summed E-state index contributed by atoms with van der Waals surface area (Å²) >= 11 is 1.61. The number of fused-ring (bicyclic) bond motifs is 2. The van der Waals surface area contributed by atoms with Gasteiger partial charge in [0.1, 0.15) is 17.0 Å². The Balaban J connectivity index is 1.55. The van der Waals surface area contributed by atoms with Crippen molar-refractivity contribution in [2.24, 2.45) is 0 Å². The van der Waals surface area contributed by atoms with Crippen LogP contribution in [0.1, 0.15) is 41.1 Å². The summed E-state index contributed by atoms with van der Waals surface area (Å²) in [6.45, 7) is 1.08. The van der Waals surface area contributed by atoms with E-state index in [0.717, 1.165) is 27.9 Å².